The van der Waals surface area contributed by atoms with Crippen LogP contribution < -0.4 is 0 Å². The molecule has 4 nitrogen and oxygen atoms in total. The molecule has 2 rings (SSSR count). The highest BCUT2D eigenvalue weighted by Crippen LogP contribution is 2.24. The molecule has 0 aliphatic carbocycles. The van der Waals surface area contributed by atoms with Gasteiger partial charge in [-0.3, -0.25) is 4.79 Å². The van der Waals surface area contributed by atoms with Crippen molar-refractivity contribution >= 4 is 17.5 Å². The largest absolute Gasteiger partial charge is 0.339 e. The van der Waals surface area contributed by atoms with Crippen LogP contribution in [0.5, 0.6) is 0 Å². The molecule has 1 heterocycles. The Morgan fingerprint density at radius 3 is 2.95 bits per heavy atom. The van der Waals surface area contributed by atoms with E-state index in [0.29, 0.717) is 28.8 Å². The number of halogens is 1. The second kappa shape index (κ2) is 6.47. The topological polar surface area (TPSA) is 56.0 Å². The third-order valence-electron chi connectivity index (χ3n) is 2.45. The zero-order valence-corrected chi connectivity index (χ0v) is 11.2. The minimum atomic E-state index is -0.266. The Morgan fingerprint density at radius 1 is 1.42 bits per heavy atom. The standard InChI is InChI=1S/C13H13FN2O2S/c1-2-9(17)7-13-15-12(16-18-13)8-19-11-6-4-3-5-10(11)14/h3-6H,2,7-8H2,1H3. The summed E-state index contributed by atoms with van der Waals surface area (Å²) < 4.78 is 18.4. The summed E-state index contributed by atoms with van der Waals surface area (Å²) in [5.41, 5.74) is 0. The van der Waals surface area contributed by atoms with Crippen LogP contribution in [0.2, 0.25) is 0 Å². The third kappa shape index (κ3) is 3.89. The van der Waals surface area contributed by atoms with E-state index < -0.39 is 0 Å². The van der Waals surface area contributed by atoms with E-state index in [2.05, 4.69) is 10.1 Å². The van der Waals surface area contributed by atoms with E-state index >= 15 is 0 Å². The molecule has 0 aliphatic rings. The summed E-state index contributed by atoms with van der Waals surface area (Å²) >= 11 is 1.29. The van der Waals surface area contributed by atoms with Crippen molar-refractivity contribution in [3.05, 3.63) is 41.8 Å². The van der Waals surface area contributed by atoms with Crippen molar-refractivity contribution in [3.8, 4) is 0 Å². The number of hydrogen-bond acceptors (Lipinski definition) is 5. The maximum Gasteiger partial charge on any atom is 0.234 e. The van der Waals surface area contributed by atoms with Crippen LogP contribution in [0, 0.1) is 5.82 Å². The number of ketones is 1. The van der Waals surface area contributed by atoms with Crippen molar-refractivity contribution in [3.63, 3.8) is 0 Å². The molecule has 0 amide bonds. The van der Waals surface area contributed by atoms with E-state index in [1.54, 1.807) is 25.1 Å². The number of Topliss-reactive ketones (excluding diaryl/α,β-unsaturated/α-hetero) is 1. The lowest BCUT2D eigenvalue weighted by Crippen LogP contribution is -2.00. The first kappa shape index (κ1) is 13.7. The fourth-order valence-electron chi connectivity index (χ4n) is 1.42. The monoisotopic (exact) mass is 280 g/mol. The number of carbonyl (C=O) groups is 1. The molecule has 0 atom stereocenters. The lowest BCUT2D eigenvalue weighted by Gasteiger charge is -1.99. The van der Waals surface area contributed by atoms with Crippen LogP contribution >= 0.6 is 11.8 Å². The van der Waals surface area contributed by atoms with Gasteiger partial charge in [0, 0.05) is 11.3 Å². The van der Waals surface area contributed by atoms with E-state index in [1.807, 2.05) is 0 Å². The molecule has 1 aromatic heterocycles. The van der Waals surface area contributed by atoms with Gasteiger partial charge in [0.15, 0.2) is 5.82 Å². The van der Waals surface area contributed by atoms with Gasteiger partial charge < -0.3 is 4.52 Å². The average molecular weight is 280 g/mol. The molecule has 0 N–H and O–H groups in total. The van der Waals surface area contributed by atoms with Gasteiger partial charge in [0.2, 0.25) is 5.89 Å². The average Bonchev–Trinajstić information content (AvgIpc) is 2.85. The smallest absolute Gasteiger partial charge is 0.234 e. The van der Waals surface area contributed by atoms with Crippen LogP contribution in [0.1, 0.15) is 25.1 Å². The van der Waals surface area contributed by atoms with Gasteiger partial charge in [-0.25, -0.2) is 4.39 Å². The van der Waals surface area contributed by atoms with Crippen LogP contribution in [-0.2, 0) is 17.0 Å². The maximum absolute atomic E-state index is 13.4. The Bertz CT molecular complexity index is 571. The van der Waals surface area contributed by atoms with Crippen molar-refractivity contribution in [2.24, 2.45) is 0 Å². The van der Waals surface area contributed by atoms with Crippen LogP contribution in [0.4, 0.5) is 4.39 Å². The SMILES string of the molecule is CCC(=O)Cc1nc(CSc2ccccc2F)no1. The second-order valence-corrected chi connectivity index (χ2v) is 4.91. The highest BCUT2D eigenvalue weighted by Gasteiger charge is 2.11. The number of thioether (sulfide) groups is 1. The lowest BCUT2D eigenvalue weighted by molar-refractivity contribution is -0.118. The number of nitrogens with zero attached hydrogens (tertiary/aromatic N) is 2. The predicted octanol–water partition coefficient (Wildman–Crippen LogP) is 3.02. The number of carbonyl (C=O) groups excluding carboxylic acids is 1. The molecule has 0 bridgehead atoms. The van der Waals surface area contributed by atoms with Crippen molar-refractivity contribution in [1.29, 1.82) is 0 Å². The first-order valence-electron chi connectivity index (χ1n) is 5.89. The Morgan fingerprint density at radius 2 is 2.21 bits per heavy atom. The van der Waals surface area contributed by atoms with Gasteiger partial charge in [-0.05, 0) is 12.1 Å². The molecule has 6 heteroatoms. The Hall–Kier alpha value is -1.69. The summed E-state index contributed by atoms with van der Waals surface area (Å²) in [6, 6.07) is 6.51. The molecule has 0 fully saturated rings. The van der Waals surface area contributed by atoms with Gasteiger partial charge in [0.25, 0.3) is 0 Å². The number of aromatic nitrogens is 2. The summed E-state index contributed by atoms with van der Waals surface area (Å²) in [6.07, 6.45) is 0.607. The fraction of sp³-hybridized carbons (Fsp3) is 0.308. The van der Waals surface area contributed by atoms with Crippen molar-refractivity contribution in [1.82, 2.24) is 10.1 Å². The molecule has 1 aromatic carbocycles. The third-order valence-corrected chi connectivity index (χ3v) is 3.49. The van der Waals surface area contributed by atoms with Gasteiger partial charge >= 0.3 is 0 Å². The molecule has 0 saturated heterocycles. The minimum Gasteiger partial charge on any atom is -0.339 e. The van der Waals surface area contributed by atoms with Gasteiger partial charge in [-0.15, -0.1) is 11.8 Å². The summed E-state index contributed by atoms with van der Waals surface area (Å²) in [7, 11) is 0. The summed E-state index contributed by atoms with van der Waals surface area (Å²) in [4.78, 5) is 15.9. The van der Waals surface area contributed by atoms with Gasteiger partial charge in [-0.1, -0.05) is 24.2 Å². The molecule has 2 aromatic rings. The zero-order valence-electron chi connectivity index (χ0n) is 10.4. The molecule has 0 aliphatic heterocycles. The molecule has 19 heavy (non-hydrogen) atoms. The Balaban J connectivity index is 1.94. The van der Waals surface area contributed by atoms with Crippen LogP contribution in [0.3, 0.4) is 0 Å². The summed E-state index contributed by atoms with van der Waals surface area (Å²) in [5.74, 6) is 0.975. The Kier molecular flexibility index (Phi) is 4.68. The summed E-state index contributed by atoms with van der Waals surface area (Å²) in [5, 5.41) is 3.77. The van der Waals surface area contributed by atoms with Crippen molar-refractivity contribution in [2.45, 2.75) is 30.4 Å². The van der Waals surface area contributed by atoms with Crippen LogP contribution in [0.15, 0.2) is 33.7 Å². The fourth-order valence-corrected chi connectivity index (χ4v) is 2.20. The molecular weight excluding hydrogens is 267 g/mol. The number of hydrogen-bond donors (Lipinski definition) is 0. The van der Waals surface area contributed by atoms with Crippen molar-refractivity contribution in [2.75, 3.05) is 0 Å². The second-order valence-electron chi connectivity index (χ2n) is 3.89. The van der Waals surface area contributed by atoms with Gasteiger partial charge in [0.1, 0.15) is 11.6 Å². The van der Waals surface area contributed by atoms with Crippen LogP contribution in [0.25, 0.3) is 0 Å². The van der Waals surface area contributed by atoms with Crippen LogP contribution in [-0.4, -0.2) is 15.9 Å². The van der Waals surface area contributed by atoms with E-state index in [-0.39, 0.29) is 18.0 Å². The van der Waals surface area contributed by atoms with E-state index in [4.69, 9.17) is 4.52 Å². The Labute approximate surface area is 114 Å². The number of rotatable bonds is 6. The molecule has 0 radical (unpaired) electrons. The first-order chi connectivity index (χ1) is 9.19. The molecule has 100 valence electrons. The predicted molar refractivity (Wildman–Crippen MR) is 69.3 cm³/mol. The van der Waals surface area contributed by atoms with Gasteiger partial charge in [-0.2, -0.15) is 4.98 Å². The van der Waals surface area contributed by atoms with Crippen molar-refractivity contribution < 1.29 is 13.7 Å². The molecule has 0 spiro atoms. The van der Waals surface area contributed by atoms with E-state index in [9.17, 15) is 9.18 Å². The molecular formula is C13H13FN2O2S. The number of benzene rings is 1. The highest BCUT2D eigenvalue weighted by molar-refractivity contribution is 7.98. The van der Waals surface area contributed by atoms with E-state index in [1.165, 1.54) is 17.8 Å². The summed E-state index contributed by atoms with van der Waals surface area (Å²) in [6.45, 7) is 1.79. The molecule has 0 unspecified atom stereocenters. The first-order valence-corrected chi connectivity index (χ1v) is 6.88. The highest BCUT2D eigenvalue weighted by atomic mass is 32.2. The normalized spacial score (nSPS) is 10.6. The van der Waals surface area contributed by atoms with Gasteiger partial charge in [0.05, 0.1) is 12.2 Å². The lowest BCUT2D eigenvalue weighted by atomic mass is 10.2. The van der Waals surface area contributed by atoms with E-state index in [0.717, 1.165) is 0 Å². The maximum atomic E-state index is 13.4. The molecule has 0 saturated carbocycles. The minimum absolute atomic E-state index is 0.0527. The zero-order chi connectivity index (χ0) is 13.7. The quantitative estimate of drug-likeness (QED) is 0.761.